The standard InChI is InChI=1S/C25H30O4S/c1-5-8-9-18-10-12-19(13-11-18)22-23(29-25(6-2,7-3)24(22)26)20-14-16-21(17-15-20)30(4,27)28/h10-17H,5-9H2,1-4H3. The summed E-state index contributed by atoms with van der Waals surface area (Å²) in [6.45, 7) is 6.09. The first-order valence-electron chi connectivity index (χ1n) is 10.6. The second-order valence-corrected chi connectivity index (χ2v) is 9.95. The van der Waals surface area contributed by atoms with Crippen LogP contribution in [0.25, 0.3) is 11.3 Å². The van der Waals surface area contributed by atoms with E-state index in [1.54, 1.807) is 24.3 Å². The summed E-state index contributed by atoms with van der Waals surface area (Å²) in [7, 11) is -3.29. The molecule has 0 amide bonds. The van der Waals surface area contributed by atoms with Gasteiger partial charge in [-0.3, -0.25) is 4.79 Å². The predicted molar refractivity (Wildman–Crippen MR) is 121 cm³/mol. The number of unbranched alkanes of at least 4 members (excludes halogenated alkanes) is 1. The molecule has 3 rings (SSSR count). The van der Waals surface area contributed by atoms with Gasteiger partial charge in [0, 0.05) is 11.8 Å². The largest absolute Gasteiger partial charge is 0.478 e. The van der Waals surface area contributed by atoms with Crippen molar-refractivity contribution in [2.45, 2.75) is 63.4 Å². The molecule has 1 heterocycles. The Hall–Kier alpha value is -2.40. The molecule has 0 fully saturated rings. The highest BCUT2D eigenvalue weighted by molar-refractivity contribution is 7.90. The molecule has 1 aliphatic rings. The summed E-state index contributed by atoms with van der Waals surface area (Å²) in [5.74, 6) is 0.529. The van der Waals surface area contributed by atoms with Gasteiger partial charge in [0.1, 0.15) is 5.76 Å². The van der Waals surface area contributed by atoms with Crippen molar-refractivity contribution in [1.29, 1.82) is 0 Å². The van der Waals surface area contributed by atoms with Crippen molar-refractivity contribution < 1.29 is 17.9 Å². The van der Waals surface area contributed by atoms with Gasteiger partial charge in [-0.25, -0.2) is 8.42 Å². The summed E-state index contributed by atoms with van der Waals surface area (Å²) in [5, 5.41) is 0. The quantitative estimate of drug-likeness (QED) is 0.562. The Morgan fingerprint density at radius 3 is 1.93 bits per heavy atom. The molecule has 0 bridgehead atoms. The first-order valence-corrected chi connectivity index (χ1v) is 12.5. The number of ether oxygens (including phenoxy) is 1. The lowest BCUT2D eigenvalue weighted by molar-refractivity contribution is -0.128. The molecule has 0 radical (unpaired) electrons. The Balaban J connectivity index is 2.08. The summed E-state index contributed by atoms with van der Waals surface area (Å²) in [6.07, 6.45) is 5.63. The van der Waals surface area contributed by atoms with Gasteiger partial charge in [-0.15, -0.1) is 0 Å². The molecule has 0 N–H and O–H groups in total. The molecule has 0 saturated carbocycles. The monoisotopic (exact) mass is 426 g/mol. The number of carbonyl (C=O) groups is 1. The minimum atomic E-state index is -3.29. The van der Waals surface area contributed by atoms with Crippen LogP contribution in [-0.4, -0.2) is 26.1 Å². The smallest absolute Gasteiger partial charge is 0.210 e. The minimum Gasteiger partial charge on any atom is -0.478 e. The molecule has 0 unspecified atom stereocenters. The lowest BCUT2D eigenvalue weighted by Gasteiger charge is -2.25. The van der Waals surface area contributed by atoms with Crippen LogP contribution in [0.4, 0.5) is 0 Å². The van der Waals surface area contributed by atoms with Crippen molar-refractivity contribution >= 4 is 27.0 Å². The van der Waals surface area contributed by atoms with E-state index in [2.05, 4.69) is 19.1 Å². The average Bonchev–Trinajstić information content (AvgIpc) is 3.05. The first kappa shape index (κ1) is 22.3. The van der Waals surface area contributed by atoms with Crippen LogP contribution in [0.1, 0.15) is 63.1 Å². The Labute approximate surface area is 179 Å². The maximum Gasteiger partial charge on any atom is 0.210 e. The summed E-state index contributed by atoms with van der Waals surface area (Å²) >= 11 is 0. The van der Waals surface area contributed by atoms with Gasteiger partial charge >= 0.3 is 0 Å². The predicted octanol–water partition coefficient (Wildman–Crippen LogP) is 5.46. The summed E-state index contributed by atoms with van der Waals surface area (Å²) in [4.78, 5) is 13.7. The topological polar surface area (TPSA) is 60.4 Å². The van der Waals surface area contributed by atoms with Gasteiger partial charge < -0.3 is 4.74 Å². The highest BCUT2D eigenvalue weighted by atomic mass is 32.2. The Bertz CT molecular complexity index is 1040. The van der Waals surface area contributed by atoms with E-state index in [0.717, 1.165) is 24.8 Å². The van der Waals surface area contributed by atoms with Crippen molar-refractivity contribution in [3.63, 3.8) is 0 Å². The highest BCUT2D eigenvalue weighted by Gasteiger charge is 2.47. The molecule has 2 aromatic rings. The van der Waals surface area contributed by atoms with Gasteiger partial charge in [-0.2, -0.15) is 0 Å². The van der Waals surface area contributed by atoms with Crippen LogP contribution in [0.5, 0.6) is 0 Å². The third-order valence-electron chi connectivity index (χ3n) is 5.91. The zero-order chi connectivity index (χ0) is 21.9. The molecular weight excluding hydrogens is 396 g/mol. The SMILES string of the molecule is CCCCc1ccc(C2=C(c3ccc(S(C)(=O)=O)cc3)OC(CC)(CC)C2=O)cc1. The van der Waals surface area contributed by atoms with Crippen LogP contribution in [0, 0.1) is 0 Å². The second-order valence-electron chi connectivity index (χ2n) is 7.93. The average molecular weight is 427 g/mol. The second kappa shape index (κ2) is 8.76. The van der Waals surface area contributed by atoms with E-state index in [1.165, 1.54) is 11.8 Å². The molecule has 0 aromatic heterocycles. The zero-order valence-electron chi connectivity index (χ0n) is 18.2. The Morgan fingerprint density at radius 2 is 1.43 bits per heavy atom. The molecule has 1 aliphatic heterocycles. The highest BCUT2D eigenvalue weighted by Crippen LogP contribution is 2.44. The van der Waals surface area contributed by atoms with Crippen LogP contribution >= 0.6 is 0 Å². The summed E-state index contributed by atoms with van der Waals surface area (Å²) < 4.78 is 29.9. The maximum absolute atomic E-state index is 13.5. The summed E-state index contributed by atoms with van der Waals surface area (Å²) in [6, 6.07) is 14.7. The van der Waals surface area contributed by atoms with E-state index >= 15 is 0 Å². The molecule has 0 aliphatic carbocycles. The van der Waals surface area contributed by atoms with Gasteiger partial charge in [0.05, 0.1) is 10.5 Å². The Kier molecular flexibility index (Phi) is 6.51. The van der Waals surface area contributed by atoms with Crippen molar-refractivity contribution in [2.75, 3.05) is 6.26 Å². The number of hydrogen-bond donors (Lipinski definition) is 0. The molecule has 0 atom stereocenters. The number of ketones is 1. The van der Waals surface area contributed by atoms with E-state index in [4.69, 9.17) is 4.74 Å². The van der Waals surface area contributed by atoms with E-state index < -0.39 is 15.4 Å². The third-order valence-corrected chi connectivity index (χ3v) is 7.04. The lowest BCUT2D eigenvalue weighted by atomic mass is 9.86. The van der Waals surface area contributed by atoms with Crippen molar-refractivity contribution in [2.24, 2.45) is 0 Å². The van der Waals surface area contributed by atoms with Crippen LogP contribution in [0.15, 0.2) is 53.4 Å². The number of Topliss-reactive ketones (excluding diaryl/α,β-unsaturated/α-hetero) is 1. The normalized spacial score (nSPS) is 16.1. The number of carbonyl (C=O) groups excluding carboxylic acids is 1. The fraction of sp³-hybridized carbons (Fsp3) is 0.400. The van der Waals surface area contributed by atoms with Gasteiger partial charge in [0.15, 0.2) is 15.4 Å². The van der Waals surface area contributed by atoms with Crippen molar-refractivity contribution in [1.82, 2.24) is 0 Å². The fourth-order valence-corrected chi connectivity index (χ4v) is 4.51. The van der Waals surface area contributed by atoms with Gasteiger partial charge in [0.25, 0.3) is 0 Å². The first-order chi connectivity index (χ1) is 14.3. The third kappa shape index (κ3) is 4.22. The minimum absolute atomic E-state index is 0.00371. The van der Waals surface area contributed by atoms with Crippen molar-refractivity contribution in [3.05, 3.63) is 65.2 Å². The number of rotatable bonds is 8. The van der Waals surface area contributed by atoms with Crippen LogP contribution in [-0.2, 0) is 25.8 Å². The van der Waals surface area contributed by atoms with E-state index in [-0.39, 0.29) is 10.7 Å². The molecule has 5 heteroatoms. The van der Waals surface area contributed by atoms with Crippen LogP contribution < -0.4 is 0 Å². The van der Waals surface area contributed by atoms with E-state index in [9.17, 15) is 13.2 Å². The van der Waals surface area contributed by atoms with E-state index in [1.807, 2.05) is 26.0 Å². The summed E-state index contributed by atoms with van der Waals surface area (Å²) in [5.41, 5.74) is 2.51. The maximum atomic E-state index is 13.5. The molecule has 30 heavy (non-hydrogen) atoms. The molecule has 0 spiro atoms. The molecular formula is C25H30O4S. The number of aryl methyl sites for hydroxylation is 1. The molecule has 4 nitrogen and oxygen atoms in total. The number of benzene rings is 2. The number of sulfone groups is 1. The van der Waals surface area contributed by atoms with E-state index in [0.29, 0.717) is 29.7 Å². The van der Waals surface area contributed by atoms with Crippen molar-refractivity contribution in [3.8, 4) is 0 Å². The fourth-order valence-electron chi connectivity index (χ4n) is 3.88. The molecule has 2 aromatic carbocycles. The lowest BCUT2D eigenvalue weighted by Crippen LogP contribution is -2.35. The van der Waals surface area contributed by atoms with Gasteiger partial charge in [-0.1, -0.05) is 51.5 Å². The number of hydrogen-bond acceptors (Lipinski definition) is 4. The van der Waals surface area contributed by atoms with Gasteiger partial charge in [0.2, 0.25) is 5.78 Å². The molecule has 160 valence electrons. The van der Waals surface area contributed by atoms with Gasteiger partial charge in [-0.05, 0) is 61.1 Å². The van der Waals surface area contributed by atoms with Crippen LogP contribution in [0.2, 0.25) is 0 Å². The molecule has 0 saturated heterocycles. The zero-order valence-corrected chi connectivity index (χ0v) is 19.0. The van der Waals surface area contributed by atoms with Crippen LogP contribution in [0.3, 0.4) is 0 Å². The Morgan fingerprint density at radius 1 is 0.867 bits per heavy atom.